The standard InChI is InChI=1S/C17H23N3O3/c1-11-3-5-13(6-4-11)15(19-12(2)21)9-16(22)18-10-17(23)20-14-7-8-14/h3-6,14-15H,7-10H2,1-2H3,(H,18,22)(H,19,21)(H,20,23). The van der Waals surface area contributed by atoms with E-state index in [1.165, 1.54) is 6.92 Å². The lowest BCUT2D eigenvalue weighted by Crippen LogP contribution is -2.39. The summed E-state index contributed by atoms with van der Waals surface area (Å²) in [6.45, 7) is 3.36. The van der Waals surface area contributed by atoms with Gasteiger partial charge in [0.2, 0.25) is 17.7 Å². The van der Waals surface area contributed by atoms with E-state index in [0.29, 0.717) is 0 Å². The van der Waals surface area contributed by atoms with Crippen molar-refractivity contribution in [3.05, 3.63) is 35.4 Å². The minimum atomic E-state index is -0.403. The van der Waals surface area contributed by atoms with Crippen LogP contribution in [0.2, 0.25) is 0 Å². The largest absolute Gasteiger partial charge is 0.352 e. The van der Waals surface area contributed by atoms with E-state index in [1.807, 2.05) is 31.2 Å². The summed E-state index contributed by atoms with van der Waals surface area (Å²) >= 11 is 0. The minimum absolute atomic E-state index is 0.0317. The Morgan fingerprint density at radius 1 is 1.13 bits per heavy atom. The zero-order valence-corrected chi connectivity index (χ0v) is 13.5. The van der Waals surface area contributed by atoms with Crippen LogP contribution in [0.3, 0.4) is 0 Å². The molecule has 3 N–H and O–H groups in total. The quantitative estimate of drug-likeness (QED) is 0.700. The number of nitrogens with one attached hydrogen (secondary N) is 3. The van der Waals surface area contributed by atoms with Crippen molar-refractivity contribution in [2.24, 2.45) is 0 Å². The van der Waals surface area contributed by atoms with Gasteiger partial charge in [0, 0.05) is 13.0 Å². The van der Waals surface area contributed by atoms with Gasteiger partial charge in [-0.3, -0.25) is 14.4 Å². The van der Waals surface area contributed by atoms with Crippen LogP contribution in [0.4, 0.5) is 0 Å². The fourth-order valence-electron chi connectivity index (χ4n) is 2.24. The lowest BCUT2D eigenvalue weighted by atomic mass is 10.0. The van der Waals surface area contributed by atoms with E-state index in [-0.39, 0.29) is 36.7 Å². The first-order valence-corrected chi connectivity index (χ1v) is 7.84. The van der Waals surface area contributed by atoms with Crippen molar-refractivity contribution in [3.63, 3.8) is 0 Å². The number of carbonyl (C=O) groups excluding carboxylic acids is 3. The van der Waals surface area contributed by atoms with E-state index in [4.69, 9.17) is 0 Å². The molecule has 1 aromatic rings. The highest BCUT2D eigenvalue weighted by Crippen LogP contribution is 2.18. The second-order valence-corrected chi connectivity index (χ2v) is 5.99. The van der Waals surface area contributed by atoms with E-state index in [0.717, 1.165) is 24.0 Å². The van der Waals surface area contributed by atoms with Gasteiger partial charge in [-0.25, -0.2) is 0 Å². The Hall–Kier alpha value is -2.37. The van der Waals surface area contributed by atoms with Gasteiger partial charge < -0.3 is 16.0 Å². The Kier molecular flexibility index (Phi) is 5.73. The molecule has 1 aliphatic carbocycles. The maximum absolute atomic E-state index is 12.0. The molecule has 2 rings (SSSR count). The normalized spacial score (nSPS) is 14.7. The summed E-state index contributed by atoms with van der Waals surface area (Å²) in [5.74, 6) is -0.641. The predicted molar refractivity (Wildman–Crippen MR) is 86.5 cm³/mol. The van der Waals surface area contributed by atoms with E-state index in [1.54, 1.807) is 0 Å². The second kappa shape index (κ2) is 7.76. The van der Waals surface area contributed by atoms with Crippen LogP contribution in [0.25, 0.3) is 0 Å². The third kappa shape index (κ3) is 6.10. The molecule has 1 saturated carbocycles. The lowest BCUT2D eigenvalue weighted by Gasteiger charge is -2.18. The van der Waals surface area contributed by atoms with Crippen LogP contribution in [0.1, 0.15) is 43.4 Å². The van der Waals surface area contributed by atoms with Gasteiger partial charge in [0.05, 0.1) is 19.0 Å². The minimum Gasteiger partial charge on any atom is -0.352 e. The summed E-state index contributed by atoms with van der Waals surface area (Å²) in [6, 6.07) is 7.53. The number of amides is 3. The fourth-order valence-corrected chi connectivity index (χ4v) is 2.24. The third-order valence-electron chi connectivity index (χ3n) is 3.64. The molecule has 6 heteroatoms. The highest BCUT2D eigenvalue weighted by molar-refractivity contribution is 5.85. The summed E-state index contributed by atoms with van der Waals surface area (Å²) < 4.78 is 0. The average Bonchev–Trinajstić information content (AvgIpc) is 3.29. The number of rotatable bonds is 7. The van der Waals surface area contributed by atoms with Gasteiger partial charge in [-0.2, -0.15) is 0 Å². The number of aryl methyl sites for hydroxylation is 1. The van der Waals surface area contributed by atoms with Crippen LogP contribution in [0.15, 0.2) is 24.3 Å². The molecule has 23 heavy (non-hydrogen) atoms. The summed E-state index contributed by atoms with van der Waals surface area (Å²) in [5.41, 5.74) is 1.97. The van der Waals surface area contributed by atoms with E-state index >= 15 is 0 Å². The third-order valence-corrected chi connectivity index (χ3v) is 3.64. The molecular formula is C17H23N3O3. The van der Waals surface area contributed by atoms with E-state index in [2.05, 4.69) is 16.0 Å². The smallest absolute Gasteiger partial charge is 0.239 e. The molecule has 0 spiro atoms. The van der Waals surface area contributed by atoms with Crippen LogP contribution in [-0.4, -0.2) is 30.3 Å². The van der Waals surface area contributed by atoms with Crippen molar-refractivity contribution >= 4 is 17.7 Å². The zero-order valence-electron chi connectivity index (χ0n) is 13.5. The molecule has 1 atom stereocenters. The average molecular weight is 317 g/mol. The molecule has 6 nitrogen and oxygen atoms in total. The zero-order chi connectivity index (χ0) is 16.8. The van der Waals surface area contributed by atoms with Gasteiger partial charge in [0.25, 0.3) is 0 Å². The molecule has 0 aliphatic heterocycles. The van der Waals surface area contributed by atoms with Gasteiger partial charge in [0.1, 0.15) is 0 Å². The first-order chi connectivity index (χ1) is 10.9. The number of hydrogen-bond donors (Lipinski definition) is 3. The van der Waals surface area contributed by atoms with Crippen molar-refractivity contribution in [2.45, 2.75) is 45.2 Å². The Balaban J connectivity index is 1.88. The molecule has 1 unspecified atom stereocenters. The van der Waals surface area contributed by atoms with Crippen molar-refractivity contribution < 1.29 is 14.4 Å². The topological polar surface area (TPSA) is 87.3 Å². The maximum Gasteiger partial charge on any atom is 0.239 e. The van der Waals surface area contributed by atoms with Crippen molar-refractivity contribution in [2.75, 3.05) is 6.54 Å². The van der Waals surface area contributed by atoms with Crippen molar-refractivity contribution in [3.8, 4) is 0 Å². The summed E-state index contributed by atoms with van der Waals surface area (Å²) in [4.78, 5) is 35.0. The Morgan fingerprint density at radius 3 is 2.35 bits per heavy atom. The van der Waals surface area contributed by atoms with Gasteiger partial charge in [0.15, 0.2) is 0 Å². The van der Waals surface area contributed by atoms with Gasteiger partial charge in [-0.15, -0.1) is 0 Å². The van der Waals surface area contributed by atoms with E-state index < -0.39 is 6.04 Å². The first-order valence-electron chi connectivity index (χ1n) is 7.84. The number of benzene rings is 1. The van der Waals surface area contributed by atoms with Crippen LogP contribution in [-0.2, 0) is 14.4 Å². The molecule has 1 aliphatic rings. The van der Waals surface area contributed by atoms with Crippen LogP contribution in [0, 0.1) is 6.92 Å². The van der Waals surface area contributed by atoms with Gasteiger partial charge in [-0.05, 0) is 25.3 Å². The molecule has 0 saturated heterocycles. The van der Waals surface area contributed by atoms with Crippen molar-refractivity contribution in [1.29, 1.82) is 0 Å². The van der Waals surface area contributed by atoms with Gasteiger partial charge in [-0.1, -0.05) is 29.8 Å². The Morgan fingerprint density at radius 2 is 1.78 bits per heavy atom. The second-order valence-electron chi connectivity index (χ2n) is 5.99. The first kappa shape index (κ1) is 17.0. The van der Waals surface area contributed by atoms with Crippen LogP contribution < -0.4 is 16.0 Å². The number of hydrogen-bond acceptors (Lipinski definition) is 3. The predicted octanol–water partition coefficient (Wildman–Crippen LogP) is 0.957. The summed E-state index contributed by atoms with van der Waals surface area (Å²) in [6.07, 6.45) is 2.12. The molecule has 1 fully saturated rings. The Bertz CT molecular complexity index is 579. The summed E-state index contributed by atoms with van der Waals surface area (Å²) in [5, 5.41) is 8.18. The highest BCUT2D eigenvalue weighted by atomic mass is 16.2. The SMILES string of the molecule is CC(=O)NC(CC(=O)NCC(=O)NC1CC1)c1ccc(C)cc1. The maximum atomic E-state index is 12.0. The molecule has 1 aromatic carbocycles. The number of carbonyl (C=O) groups is 3. The van der Waals surface area contributed by atoms with E-state index in [9.17, 15) is 14.4 Å². The monoisotopic (exact) mass is 317 g/mol. The molecule has 124 valence electrons. The molecule has 0 aromatic heterocycles. The summed E-state index contributed by atoms with van der Waals surface area (Å²) in [7, 11) is 0. The molecule has 0 radical (unpaired) electrons. The lowest BCUT2D eigenvalue weighted by molar-refractivity contribution is -0.127. The Labute approximate surface area is 136 Å². The van der Waals surface area contributed by atoms with Crippen molar-refractivity contribution in [1.82, 2.24) is 16.0 Å². The van der Waals surface area contributed by atoms with Gasteiger partial charge >= 0.3 is 0 Å². The molecule has 0 heterocycles. The molecule has 0 bridgehead atoms. The molecular weight excluding hydrogens is 294 g/mol. The molecule has 3 amide bonds. The fraction of sp³-hybridized carbons (Fsp3) is 0.471. The van der Waals surface area contributed by atoms with Crippen LogP contribution in [0.5, 0.6) is 0 Å². The highest BCUT2D eigenvalue weighted by Gasteiger charge is 2.23. The van der Waals surface area contributed by atoms with Crippen LogP contribution >= 0.6 is 0 Å².